The molecule has 1 aliphatic rings. The second-order valence-corrected chi connectivity index (χ2v) is 6.04. The molecule has 7 nitrogen and oxygen atoms in total. The summed E-state index contributed by atoms with van der Waals surface area (Å²) in [6.45, 7) is 4.22. The van der Waals surface area contributed by atoms with E-state index >= 15 is 0 Å². The lowest BCUT2D eigenvalue weighted by molar-refractivity contribution is 0.113. The van der Waals surface area contributed by atoms with Gasteiger partial charge in [-0.15, -0.1) is 0 Å². The third-order valence-electron chi connectivity index (χ3n) is 4.51. The quantitative estimate of drug-likeness (QED) is 0.830. The van der Waals surface area contributed by atoms with Crippen molar-refractivity contribution in [2.45, 2.75) is 38.8 Å². The van der Waals surface area contributed by atoms with E-state index in [-0.39, 0.29) is 6.04 Å². The number of halogens is 2. The standard InChI is InChI=1S/C15H19F2N5O2/c1-10(15-18-8-20-24-15)21-4-2-11(3-5-21)7-22-9-19-12(14(16)17)6-13(22)23/h6,8-11,14H,2-5,7H2,1H3. The highest BCUT2D eigenvalue weighted by molar-refractivity contribution is 5.01. The minimum absolute atomic E-state index is 0.0585. The molecule has 0 spiro atoms. The zero-order chi connectivity index (χ0) is 17.1. The van der Waals surface area contributed by atoms with Crippen molar-refractivity contribution in [1.82, 2.24) is 24.6 Å². The van der Waals surface area contributed by atoms with E-state index in [1.165, 1.54) is 17.2 Å². The molecular formula is C15H19F2N5O2. The first kappa shape index (κ1) is 16.7. The molecule has 0 amide bonds. The van der Waals surface area contributed by atoms with Crippen LogP contribution in [0.5, 0.6) is 0 Å². The molecule has 1 saturated heterocycles. The highest BCUT2D eigenvalue weighted by atomic mass is 19.3. The molecule has 0 radical (unpaired) electrons. The van der Waals surface area contributed by atoms with Gasteiger partial charge in [0.25, 0.3) is 12.0 Å². The Morgan fingerprint density at radius 2 is 2.08 bits per heavy atom. The van der Waals surface area contributed by atoms with Crippen molar-refractivity contribution in [2.24, 2.45) is 5.92 Å². The molecular weight excluding hydrogens is 320 g/mol. The molecule has 9 heteroatoms. The van der Waals surface area contributed by atoms with E-state index in [9.17, 15) is 13.6 Å². The fourth-order valence-corrected chi connectivity index (χ4v) is 3.02. The molecule has 0 saturated carbocycles. The van der Waals surface area contributed by atoms with Crippen molar-refractivity contribution in [3.05, 3.63) is 40.7 Å². The summed E-state index contributed by atoms with van der Waals surface area (Å²) in [5.74, 6) is 0.907. The summed E-state index contributed by atoms with van der Waals surface area (Å²) >= 11 is 0. The van der Waals surface area contributed by atoms with Gasteiger partial charge in [0.1, 0.15) is 5.69 Å². The Hall–Kier alpha value is -2.16. The van der Waals surface area contributed by atoms with Gasteiger partial charge in [0, 0.05) is 12.6 Å². The zero-order valence-corrected chi connectivity index (χ0v) is 13.3. The molecule has 3 heterocycles. The normalized spacial score (nSPS) is 18.2. The van der Waals surface area contributed by atoms with E-state index in [0.717, 1.165) is 32.0 Å². The van der Waals surface area contributed by atoms with Gasteiger partial charge in [-0.25, -0.2) is 13.8 Å². The molecule has 24 heavy (non-hydrogen) atoms. The van der Waals surface area contributed by atoms with Crippen LogP contribution in [0.1, 0.15) is 43.8 Å². The molecule has 0 N–H and O–H groups in total. The van der Waals surface area contributed by atoms with Crippen LogP contribution in [0.15, 0.2) is 28.0 Å². The highest BCUT2D eigenvalue weighted by Crippen LogP contribution is 2.26. The number of piperidine rings is 1. The number of hydrogen-bond acceptors (Lipinski definition) is 6. The maximum Gasteiger partial charge on any atom is 0.280 e. The molecule has 3 rings (SSSR count). The third-order valence-corrected chi connectivity index (χ3v) is 4.51. The van der Waals surface area contributed by atoms with Crippen LogP contribution in [-0.4, -0.2) is 37.7 Å². The molecule has 1 atom stereocenters. The Morgan fingerprint density at radius 1 is 1.33 bits per heavy atom. The summed E-state index contributed by atoms with van der Waals surface area (Å²) in [6.07, 6.45) is 1.70. The number of likely N-dealkylation sites (tertiary alicyclic amines) is 1. The van der Waals surface area contributed by atoms with E-state index in [1.54, 1.807) is 0 Å². The van der Waals surface area contributed by atoms with E-state index in [2.05, 4.69) is 20.0 Å². The minimum atomic E-state index is -2.72. The van der Waals surface area contributed by atoms with Crippen LogP contribution in [0, 0.1) is 5.92 Å². The van der Waals surface area contributed by atoms with Crippen LogP contribution < -0.4 is 5.56 Å². The van der Waals surface area contributed by atoms with Crippen molar-refractivity contribution in [1.29, 1.82) is 0 Å². The van der Waals surface area contributed by atoms with E-state index < -0.39 is 17.7 Å². The summed E-state index contributed by atoms with van der Waals surface area (Å²) in [6, 6.07) is 0.973. The molecule has 0 aromatic carbocycles. The van der Waals surface area contributed by atoms with Crippen LogP contribution in [-0.2, 0) is 6.54 Å². The maximum atomic E-state index is 12.5. The maximum absolute atomic E-state index is 12.5. The molecule has 1 fully saturated rings. The van der Waals surface area contributed by atoms with Crippen LogP contribution in [0.25, 0.3) is 0 Å². The van der Waals surface area contributed by atoms with Crippen molar-refractivity contribution in [3.63, 3.8) is 0 Å². The molecule has 2 aromatic rings. The van der Waals surface area contributed by atoms with Gasteiger partial charge in [0.15, 0.2) is 6.33 Å². The lowest BCUT2D eigenvalue weighted by Crippen LogP contribution is -2.38. The van der Waals surface area contributed by atoms with Crippen molar-refractivity contribution >= 4 is 0 Å². The lowest BCUT2D eigenvalue weighted by Gasteiger charge is -2.34. The largest absolute Gasteiger partial charge is 0.338 e. The number of hydrogen-bond donors (Lipinski definition) is 0. The van der Waals surface area contributed by atoms with Gasteiger partial charge >= 0.3 is 0 Å². The van der Waals surface area contributed by atoms with Crippen molar-refractivity contribution < 1.29 is 13.3 Å². The molecule has 130 valence electrons. The molecule has 0 aliphatic carbocycles. The Balaban J connectivity index is 1.57. The first-order chi connectivity index (χ1) is 11.5. The molecule has 2 aromatic heterocycles. The first-order valence-corrected chi connectivity index (χ1v) is 7.89. The number of nitrogens with zero attached hydrogens (tertiary/aromatic N) is 5. The second-order valence-electron chi connectivity index (χ2n) is 6.04. The Labute approximate surface area is 137 Å². The van der Waals surface area contributed by atoms with Crippen LogP contribution in [0.2, 0.25) is 0 Å². The van der Waals surface area contributed by atoms with Gasteiger partial charge in [-0.2, -0.15) is 4.98 Å². The van der Waals surface area contributed by atoms with Crippen molar-refractivity contribution in [3.8, 4) is 0 Å². The van der Waals surface area contributed by atoms with Gasteiger partial charge in [-0.3, -0.25) is 14.3 Å². The van der Waals surface area contributed by atoms with E-state index in [4.69, 9.17) is 4.52 Å². The smallest absolute Gasteiger partial charge is 0.280 e. The fourth-order valence-electron chi connectivity index (χ4n) is 3.02. The summed E-state index contributed by atoms with van der Waals surface area (Å²) in [5, 5.41) is 3.63. The lowest BCUT2D eigenvalue weighted by atomic mass is 9.95. The minimum Gasteiger partial charge on any atom is -0.338 e. The monoisotopic (exact) mass is 339 g/mol. The third kappa shape index (κ3) is 3.66. The predicted octanol–water partition coefficient (Wildman–Crippen LogP) is 2.04. The molecule has 1 aliphatic heterocycles. The van der Waals surface area contributed by atoms with E-state index in [0.29, 0.717) is 18.4 Å². The second kappa shape index (κ2) is 7.16. The number of aromatic nitrogens is 4. The van der Waals surface area contributed by atoms with Gasteiger partial charge < -0.3 is 4.52 Å². The molecule has 0 bridgehead atoms. The number of rotatable bonds is 5. The summed E-state index contributed by atoms with van der Waals surface area (Å²) in [4.78, 5) is 21.9. The van der Waals surface area contributed by atoms with Crippen LogP contribution >= 0.6 is 0 Å². The first-order valence-electron chi connectivity index (χ1n) is 7.89. The Kier molecular flexibility index (Phi) is 4.98. The summed E-state index contributed by atoms with van der Waals surface area (Å²) < 4.78 is 31.6. The average molecular weight is 339 g/mol. The van der Waals surface area contributed by atoms with Crippen LogP contribution in [0.4, 0.5) is 8.78 Å². The summed E-state index contributed by atoms with van der Waals surface area (Å²) in [5.41, 5.74) is -0.901. The van der Waals surface area contributed by atoms with Gasteiger partial charge in [0.05, 0.1) is 12.4 Å². The predicted molar refractivity (Wildman–Crippen MR) is 80.5 cm³/mol. The summed E-state index contributed by atoms with van der Waals surface area (Å²) in [7, 11) is 0. The number of alkyl halides is 2. The molecule has 1 unspecified atom stereocenters. The Morgan fingerprint density at radius 3 is 2.67 bits per heavy atom. The highest BCUT2D eigenvalue weighted by Gasteiger charge is 2.26. The van der Waals surface area contributed by atoms with E-state index in [1.807, 2.05) is 6.92 Å². The Bertz CT molecular complexity index is 711. The van der Waals surface area contributed by atoms with Crippen molar-refractivity contribution in [2.75, 3.05) is 13.1 Å². The zero-order valence-electron chi connectivity index (χ0n) is 13.3. The van der Waals surface area contributed by atoms with Crippen LogP contribution in [0.3, 0.4) is 0 Å². The topological polar surface area (TPSA) is 77.1 Å². The average Bonchev–Trinajstić information content (AvgIpc) is 3.11. The van der Waals surface area contributed by atoms with Gasteiger partial charge in [-0.05, 0) is 38.8 Å². The SMILES string of the molecule is CC(c1ncno1)N1CCC(Cn2cnc(C(F)F)cc2=O)CC1. The fraction of sp³-hybridized carbons (Fsp3) is 0.600. The van der Waals surface area contributed by atoms with Gasteiger partial charge in [-0.1, -0.05) is 5.16 Å². The van der Waals surface area contributed by atoms with Gasteiger partial charge in [0.2, 0.25) is 5.89 Å².